The highest BCUT2D eigenvalue weighted by molar-refractivity contribution is 6.02. The number of nitrogens with two attached hydrogens (primary N) is 1. The van der Waals surface area contributed by atoms with Gasteiger partial charge in [-0.05, 0) is 85.8 Å². The molecular formula is C26H33N3O3. The largest absolute Gasteiger partial charge is 0.368 e. The van der Waals surface area contributed by atoms with Gasteiger partial charge < -0.3 is 15.6 Å². The third kappa shape index (κ3) is 2.61. The maximum atomic E-state index is 13.1. The molecule has 4 aliphatic rings. The Morgan fingerprint density at radius 1 is 1.12 bits per heavy atom. The molecule has 6 atom stereocenters. The minimum Gasteiger partial charge on any atom is -0.368 e. The minimum atomic E-state index is -0.724. The monoisotopic (exact) mass is 435 g/mol. The normalized spacial score (nSPS) is 33.9. The second kappa shape index (κ2) is 7.19. The van der Waals surface area contributed by atoms with E-state index in [4.69, 9.17) is 5.73 Å². The summed E-state index contributed by atoms with van der Waals surface area (Å²) in [7, 11) is 0. The van der Waals surface area contributed by atoms with E-state index in [1.165, 1.54) is 36.7 Å². The van der Waals surface area contributed by atoms with Crippen LogP contribution in [0.5, 0.6) is 0 Å². The standard InChI is InChI=1S/C24H27N3O3.C2H6/c1-13(21(25)29)27-6-5-17-18(22(27)30)3-2-4-19(17)26-20(28)12-23-9-14-7-15-8-16(11-23)24(15,23)10-14;1-2/h2-6,13-16H,7-12H2,1H3,(H2,25,29)(H,26,28);1-2H3. The topological polar surface area (TPSA) is 94.2 Å². The van der Waals surface area contributed by atoms with Crippen LogP contribution in [0.3, 0.4) is 0 Å². The van der Waals surface area contributed by atoms with Crippen molar-refractivity contribution in [3.05, 3.63) is 40.8 Å². The molecule has 2 bridgehead atoms. The maximum absolute atomic E-state index is 13.1. The predicted molar refractivity (Wildman–Crippen MR) is 125 cm³/mol. The number of amides is 2. The van der Waals surface area contributed by atoms with Crippen LogP contribution in [0, 0.1) is 28.6 Å². The van der Waals surface area contributed by atoms with Crippen molar-refractivity contribution in [2.24, 2.45) is 34.3 Å². The van der Waals surface area contributed by atoms with Crippen LogP contribution < -0.4 is 16.6 Å². The molecular weight excluding hydrogens is 402 g/mol. The Hall–Kier alpha value is -2.63. The number of nitrogens with zero attached hydrogens (tertiary/aromatic N) is 1. The molecule has 32 heavy (non-hydrogen) atoms. The molecule has 6 heteroatoms. The molecule has 0 aliphatic heterocycles. The fourth-order valence-electron chi connectivity index (χ4n) is 8.05. The molecule has 170 valence electrons. The smallest absolute Gasteiger partial charge is 0.259 e. The van der Waals surface area contributed by atoms with Gasteiger partial charge in [0.15, 0.2) is 0 Å². The van der Waals surface area contributed by atoms with Crippen LogP contribution in [-0.2, 0) is 9.59 Å². The fraction of sp³-hybridized carbons (Fsp3) is 0.577. The first-order chi connectivity index (χ1) is 15.3. The number of primary amides is 1. The van der Waals surface area contributed by atoms with Crippen LogP contribution in [-0.4, -0.2) is 16.4 Å². The summed E-state index contributed by atoms with van der Waals surface area (Å²) >= 11 is 0. The van der Waals surface area contributed by atoms with Gasteiger partial charge in [0, 0.05) is 29.1 Å². The molecule has 4 aliphatic carbocycles. The third-order valence-electron chi connectivity index (χ3n) is 9.15. The van der Waals surface area contributed by atoms with Crippen molar-refractivity contribution >= 4 is 28.3 Å². The number of fused-ring (bicyclic) bond motifs is 2. The fourth-order valence-corrected chi connectivity index (χ4v) is 8.05. The van der Waals surface area contributed by atoms with Gasteiger partial charge in [-0.25, -0.2) is 0 Å². The molecule has 1 aromatic heterocycles. The van der Waals surface area contributed by atoms with Gasteiger partial charge in [-0.2, -0.15) is 0 Å². The number of hydrogen-bond donors (Lipinski definition) is 2. The van der Waals surface area contributed by atoms with Crippen LogP contribution in [0.4, 0.5) is 5.69 Å². The Kier molecular flexibility index (Phi) is 4.77. The van der Waals surface area contributed by atoms with Crippen LogP contribution >= 0.6 is 0 Å². The van der Waals surface area contributed by atoms with Gasteiger partial charge in [-0.15, -0.1) is 0 Å². The highest BCUT2D eigenvalue weighted by Crippen LogP contribution is 2.87. The minimum absolute atomic E-state index is 0.0585. The first-order valence-electron chi connectivity index (χ1n) is 12.1. The molecule has 1 aromatic carbocycles. The van der Waals surface area contributed by atoms with E-state index < -0.39 is 11.9 Å². The summed E-state index contributed by atoms with van der Waals surface area (Å²) in [4.78, 5) is 37.5. The lowest BCUT2D eigenvalue weighted by Gasteiger charge is -2.73. The summed E-state index contributed by atoms with van der Waals surface area (Å²) in [5.74, 6) is 2.07. The van der Waals surface area contributed by atoms with Crippen molar-refractivity contribution in [2.75, 3.05) is 5.32 Å². The van der Waals surface area contributed by atoms with E-state index in [2.05, 4.69) is 5.32 Å². The summed E-state index contributed by atoms with van der Waals surface area (Å²) in [6, 6.07) is 6.39. The van der Waals surface area contributed by atoms with Gasteiger partial charge in [0.25, 0.3) is 5.56 Å². The molecule has 2 aromatic rings. The van der Waals surface area contributed by atoms with Crippen LogP contribution in [0.2, 0.25) is 0 Å². The number of anilines is 1. The number of carbonyl (C=O) groups excluding carboxylic acids is 2. The molecule has 6 nitrogen and oxygen atoms in total. The molecule has 3 N–H and O–H groups in total. The Morgan fingerprint density at radius 2 is 1.91 bits per heavy atom. The second-order valence-corrected chi connectivity index (χ2v) is 10.3. The van der Waals surface area contributed by atoms with Crippen molar-refractivity contribution in [2.45, 2.75) is 65.3 Å². The molecule has 2 amide bonds. The van der Waals surface area contributed by atoms with E-state index in [1.807, 2.05) is 19.9 Å². The van der Waals surface area contributed by atoms with E-state index >= 15 is 0 Å². The Balaban J connectivity index is 0.00000105. The molecule has 4 fully saturated rings. The zero-order chi connectivity index (χ0) is 22.8. The Labute approximate surface area is 188 Å². The SMILES string of the molecule is CC.CC(C(N)=O)n1ccc2c(NC(=O)CC34CC5CC6CC(C3)C64C5)cccc2c1=O. The maximum Gasteiger partial charge on any atom is 0.259 e. The van der Waals surface area contributed by atoms with Gasteiger partial charge in [0.2, 0.25) is 11.8 Å². The molecule has 0 saturated heterocycles. The average Bonchev–Trinajstić information content (AvgIpc) is 3.24. The average molecular weight is 436 g/mol. The van der Waals surface area contributed by atoms with Crippen LogP contribution in [0.1, 0.15) is 65.3 Å². The van der Waals surface area contributed by atoms with Crippen molar-refractivity contribution < 1.29 is 9.59 Å². The quantitative estimate of drug-likeness (QED) is 0.736. The third-order valence-corrected chi connectivity index (χ3v) is 9.15. The predicted octanol–water partition coefficient (Wildman–Crippen LogP) is 4.23. The summed E-state index contributed by atoms with van der Waals surface area (Å²) < 4.78 is 1.34. The van der Waals surface area contributed by atoms with Gasteiger partial charge in [-0.3, -0.25) is 14.4 Å². The van der Waals surface area contributed by atoms with E-state index in [0.29, 0.717) is 28.3 Å². The number of carbonyl (C=O) groups is 2. The van der Waals surface area contributed by atoms with E-state index in [9.17, 15) is 14.4 Å². The van der Waals surface area contributed by atoms with Crippen LogP contribution in [0.15, 0.2) is 35.3 Å². The number of nitrogens with one attached hydrogen (secondary N) is 1. The molecule has 1 heterocycles. The first kappa shape index (κ1) is 21.2. The van der Waals surface area contributed by atoms with Gasteiger partial charge in [0.1, 0.15) is 6.04 Å². The van der Waals surface area contributed by atoms with Gasteiger partial charge in [-0.1, -0.05) is 19.9 Å². The summed E-state index contributed by atoms with van der Waals surface area (Å²) in [5.41, 5.74) is 6.45. The number of benzene rings is 1. The van der Waals surface area contributed by atoms with Crippen molar-refractivity contribution in [3.8, 4) is 0 Å². The van der Waals surface area contributed by atoms with E-state index in [-0.39, 0.29) is 16.9 Å². The summed E-state index contributed by atoms with van der Waals surface area (Å²) in [6.45, 7) is 5.61. The van der Waals surface area contributed by atoms with Crippen molar-refractivity contribution in [1.82, 2.24) is 4.57 Å². The van der Waals surface area contributed by atoms with E-state index in [0.717, 1.165) is 17.8 Å². The second-order valence-electron chi connectivity index (χ2n) is 10.3. The molecule has 4 saturated carbocycles. The highest BCUT2D eigenvalue weighted by Gasteiger charge is 2.80. The van der Waals surface area contributed by atoms with Crippen molar-refractivity contribution in [3.63, 3.8) is 0 Å². The number of hydrogen-bond acceptors (Lipinski definition) is 3. The molecule has 6 rings (SSSR count). The first-order valence-corrected chi connectivity index (χ1v) is 12.1. The lowest BCUT2D eigenvalue weighted by Crippen LogP contribution is -2.67. The van der Waals surface area contributed by atoms with Crippen LogP contribution in [0.25, 0.3) is 10.8 Å². The zero-order valence-electron chi connectivity index (χ0n) is 19.2. The Bertz CT molecular complexity index is 1170. The van der Waals surface area contributed by atoms with Gasteiger partial charge in [0.05, 0.1) is 0 Å². The zero-order valence-corrected chi connectivity index (χ0v) is 19.2. The number of rotatable bonds is 5. The van der Waals surface area contributed by atoms with Gasteiger partial charge >= 0.3 is 0 Å². The summed E-state index contributed by atoms with van der Waals surface area (Å²) in [5, 5.41) is 4.27. The lowest BCUT2D eigenvalue weighted by atomic mass is 9.31. The summed E-state index contributed by atoms with van der Waals surface area (Å²) in [6.07, 6.45) is 8.75. The number of pyridine rings is 1. The number of aromatic nitrogens is 1. The molecule has 6 unspecified atom stereocenters. The van der Waals surface area contributed by atoms with Crippen molar-refractivity contribution in [1.29, 1.82) is 0 Å². The lowest BCUT2D eigenvalue weighted by molar-refractivity contribution is -0.244. The highest BCUT2D eigenvalue weighted by atomic mass is 16.2. The van der Waals surface area contributed by atoms with E-state index in [1.54, 1.807) is 31.3 Å². The molecule has 1 spiro atoms. The Morgan fingerprint density at radius 3 is 2.59 bits per heavy atom. The molecule has 0 radical (unpaired) electrons.